The van der Waals surface area contributed by atoms with Crippen LogP contribution in [-0.4, -0.2) is 9.55 Å². The number of imidazole rings is 1. The summed E-state index contributed by atoms with van der Waals surface area (Å²) in [5.41, 5.74) is 4.66. The van der Waals surface area contributed by atoms with Crippen LogP contribution in [0.3, 0.4) is 0 Å². The highest BCUT2D eigenvalue weighted by Crippen LogP contribution is 2.41. The molecule has 1 aliphatic carbocycles. The van der Waals surface area contributed by atoms with Crippen LogP contribution < -0.4 is 0 Å². The van der Waals surface area contributed by atoms with Crippen molar-refractivity contribution in [3.8, 4) is 5.69 Å². The van der Waals surface area contributed by atoms with Gasteiger partial charge < -0.3 is 0 Å². The number of benzene rings is 3. The highest BCUT2D eigenvalue weighted by molar-refractivity contribution is 7.98. The van der Waals surface area contributed by atoms with Gasteiger partial charge in [-0.1, -0.05) is 23.9 Å². The Hall–Kier alpha value is -3.06. The molecule has 0 saturated carbocycles. The van der Waals surface area contributed by atoms with Crippen LogP contribution in [-0.2, 0) is 12.2 Å². The summed E-state index contributed by atoms with van der Waals surface area (Å²) in [6, 6.07) is 13.9. The van der Waals surface area contributed by atoms with Gasteiger partial charge in [-0.3, -0.25) is 4.57 Å². The molecule has 1 aliphatic rings. The fourth-order valence-electron chi connectivity index (χ4n) is 4.76. The molecule has 1 unspecified atom stereocenters. The molecular weight excluding hydrogens is 472 g/mol. The van der Waals surface area contributed by atoms with Crippen LogP contribution in [0.1, 0.15) is 52.4 Å². The number of hydrogen-bond acceptors (Lipinski definition) is 2. The van der Waals surface area contributed by atoms with Crippen molar-refractivity contribution in [3.63, 3.8) is 0 Å². The van der Waals surface area contributed by atoms with E-state index in [1.54, 1.807) is 32.0 Å². The summed E-state index contributed by atoms with van der Waals surface area (Å²) in [7, 11) is 0. The Morgan fingerprint density at radius 3 is 2.31 bits per heavy atom. The predicted octanol–water partition coefficient (Wildman–Crippen LogP) is 7.81. The van der Waals surface area contributed by atoms with E-state index in [9.17, 15) is 17.6 Å². The van der Waals surface area contributed by atoms with E-state index < -0.39 is 11.6 Å². The van der Waals surface area contributed by atoms with E-state index in [0.717, 1.165) is 41.9 Å². The fourth-order valence-corrected chi connectivity index (χ4v) is 5.81. The zero-order valence-corrected chi connectivity index (χ0v) is 20.2. The lowest BCUT2D eigenvalue weighted by Crippen LogP contribution is -2.15. The molecule has 3 aromatic carbocycles. The normalized spacial score (nSPS) is 15.3. The van der Waals surface area contributed by atoms with Gasteiger partial charge in [0.2, 0.25) is 0 Å². The van der Waals surface area contributed by atoms with Crippen LogP contribution in [0, 0.1) is 37.1 Å². The molecule has 180 valence electrons. The summed E-state index contributed by atoms with van der Waals surface area (Å²) >= 11 is 1.25. The van der Waals surface area contributed by atoms with Crippen molar-refractivity contribution in [2.75, 3.05) is 0 Å². The van der Waals surface area contributed by atoms with Gasteiger partial charge in [0.1, 0.15) is 23.3 Å². The minimum Gasteiger partial charge on any atom is -0.291 e. The first-order valence-electron chi connectivity index (χ1n) is 11.5. The van der Waals surface area contributed by atoms with E-state index in [4.69, 9.17) is 4.98 Å². The van der Waals surface area contributed by atoms with Crippen molar-refractivity contribution in [1.29, 1.82) is 0 Å². The zero-order valence-electron chi connectivity index (χ0n) is 19.4. The predicted molar refractivity (Wildman–Crippen MR) is 130 cm³/mol. The van der Waals surface area contributed by atoms with E-state index in [-0.39, 0.29) is 28.9 Å². The van der Waals surface area contributed by atoms with Gasteiger partial charge in [0.05, 0.1) is 11.4 Å². The van der Waals surface area contributed by atoms with Gasteiger partial charge in [0.15, 0.2) is 5.16 Å². The Kier molecular flexibility index (Phi) is 6.45. The maximum absolute atomic E-state index is 14.5. The standard InChI is InChI=1S/C28H24F4N2S/c1-16-12-24(31)22(25(32)13-16)15-35-28-33-26-5-3-4-21(18-6-11-23(30)17(2)14-18)27(26)34(28)20-9-7-19(29)8-10-20/h6-14,21H,3-5,15H2,1-2H3. The largest absolute Gasteiger partial charge is 0.291 e. The molecule has 5 rings (SSSR count). The van der Waals surface area contributed by atoms with E-state index in [0.29, 0.717) is 16.3 Å². The Bertz CT molecular complexity index is 1370. The Balaban J connectivity index is 1.61. The molecule has 35 heavy (non-hydrogen) atoms. The van der Waals surface area contributed by atoms with Crippen LogP contribution >= 0.6 is 11.8 Å². The molecule has 0 fully saturated rings. The molecule has 0 N–H and O–H groups in total. The summed E-state index contributed by atoms with van der Waals surface area (Å²) < 4.78 is 58.7. The van der Waals surface area contributed by atoms with Crippen molar-refractivity contribution in [2.24, 2.45) is 0 Å². The van der Waals surface area contributed by atoms with Gasteiger partial charge in [-0.15, -0.1) is 0 Å². The number of aromatic nitrogens is 2. The number of aryl methyl sites for hydroxylation is 3. The van der Waals surface area contributed by atoms with Crippen LogP contribution in [0.25, 0.3) is 5.69 Å². The van der Waals surface area contributed by atoms with E-state index in [2.05, 4.69) is 0 Å². The van der Waals surface area contributed by atoms with Crippen molar-refractivity contribution >= 4 is 11.8 Å². The molecule has 0 saturated heterocycles. The molecule has 0 amide bonds. The van der Waals surface area contributed by atoms with Gasteiger partial charge in [0, 0.05) is 22.9 Å². The lowest BCUT2D eigenvalue weighted by molar-refractivity contribution is 0.564. The lowest BCUT2D eigenvalue weighted by atomic mass is 9.83. The minimum atomic E-state index is -0.584. The van der Waals surface area contributed by atoms with Crippen LogP contribution in [0.15, 0.2) is 59.8 Å². The summed E-state index contributed by atoms with van der Waals surface area (Å²) in [5.74, 6) is -1.74. The monoisotopic (exact) mass is 496 g/mol. The summed E-state index contributed by atoms with van der Waals surface area (Å²) in [5, 5.41) is 0.590. The second-order valence-electron chi connectivity index (χ2n) is 8.99. The molecule has 1 aromatic heterocycles. The van der Waals surface area contributed by atoms with E-state index in [1.807, 2.05) is 10.6 Å². The summed E-state index contributed by atoms with van der Waals surface area (Å²) in [6.45, 7) is 3.39. The number of thioether (sulfide) groups is 1. The maximum Gasteiger partial charge on any atom is 0.173 e. The number of rotatable bonds is 5. The molecule has 1 heterocycles. The van der Waals surface area contributed by atoms with Gasteiger partial charge in [-0.05, 0) is 92.3 Å². The quantitative estimate of drug-likeness (QED) is 0.207. The molecule has 0 spiro atoms. The first-order valence-corrected chi connectivity index (χ1v) is 12.5. The average molecular weight is 497 g/mol. The van der Waals surface area contributed by atoms with E-state index in [1.165, 1.54) is 42.1 Å². The fraction of sp³-hybridized carbons (Fsp3) is 0.250. The van der Waals surface area contributed by atoms with Gasteiger partial charge in [0.25, 0.3) is 0 Å². The third-order valence-corrected chi connectivity index (χ3v) is 7.46. The number of hydrogen-bond donors (Lipinski definition) is 0. The van der Waals surface area contributed by atoms with Gasteiger partial charge >= 0.3 is 0 Å². The third kappa shape index (κ3) is 4.61. The van der Waals surface area contributed by atoms with Crippen molar-refractivity contribution in [1.82, 2.24) is 9.55 Å². The van der Waals surface area contributed by atoms with Crippen molar-refractivity contribution < 1.29 is 17.6 Å². The minimum absolute atomic E-state index is 0.00191. The van der Waals surface area contributed by atoms with Gasteiger partial charge in [-0.25, -0.2) is 22.5 Å². The van der Waals surface area contributed by atoms with Gasteiger partial charge in [-0.2, -0.15) is 0 Å². The molecule has 0 bridgehead atoms. The highest BCUT2D eigenvalue weighted by atomic mass is 32.2. The Morgan fingerprint density at radius 1 is 0.914 bits per heavy atom. The van der Waals surface area contributed by atoms with Crippen molar-refractivity contribution in [2.45, 2.75) is 49.9 Å². The second-order valence-corrected chi connectivity index (χ2v) is 9.93. The average Bonchev–Trinajstić information content (AvgIpc) is 3.19. The Morgan fingerprint density at radius 2 is 1.63 bits per heavy atom. The number of halogens is 4. The molecule has 2 nitrogen and oxygen atoms in total. The topological polar surface area (TPSA) is 17.8 Å². The molecule has 1 atom stereocenters. The van der Waals surface area contributed by atoms with Crippen LogP contribution in [0.5, 0.6) is 0 Å². The molecule has 0 aliphatic heterocycles. The van der Waals surface area contributed by atoms with Crippen LogP contribution in [0.2, 0.25) is 0 Å². The molecule has 0 radical (unpaired) electrons. The Labute approximate surface area is 206 Å². The molecular formula is C28H24F4N2S. The molecule has 4 aromatic rings. The smallest absolute Gasteiger partial charge is 0.173 e. The summed E-state index contributed by atoms with van der Waals surface area (Å²) in [4.78, 5) is 4.87. The first kappa shape index (κ1) is 23.7. The van der Waals surface area contributed by atoms with Crippen LogP contribution in [0.4, 0.5) is 17.6 Å². The maximum atomic E-state index is 14.5. The number of fused-ring (bicyclic) bond motifs is 1. The third-order valence-electron chi connectivity index (χ3n) is 6.50. The SMILES string of the molecule is Cc1cc(F)c(CSc2nc3c(n2-c2ccc(F)cc2)C(c2ccc(F)c(C)c2)CCC3)c(F)c1. The summed E-state index contributed by atoms with van der Waals surface area (Å²) in [6.07, 6.45) is 2.54. The van der Waals surface area contributed by atoms with E-state index >= 15 is 0 Å². The number of nitrogens with zero attached hydrogens (tertiary/aromatic N) is 2. The first-order chi connectivity index (χ1) is 16.8. The molecule has 7 heteroatoms. The zero-order chi connectivity index (χ0) is 24.7. The highest BCUT2D eigenvalue weighted by Gasteiger charge is 2.30. The second kappa shape index (κ2) is 9.53. The van der Waals surface area contributed by atoms with Crippen molar-refractivity contribution in [3.05, 3.63) is 112 Å². The lowest BCUT2D eigenvalue weighted by Gasteiger charge is -2.25.